The molecule has 0 aliphatic rings. The Morgan fingerprint density at radius 3 is 1.97 bits per heavy atom. The molecule has 0 bridgehead atoms. The summed E-state index contributed by atoms with van der Waals surface area (Å²) in [5.74, 6) is -2.31. The number of ether oxygens (including phenoxy) is 1. The first kappa shape index (κ1) is 20.6. The van der Waals surface area contributed by atoms with E-state index >= 15 is 0 Å². The van der Waals surface area contributed by atoms with Crippen LogP contribution in [0.2, 0.25) is 5.02 Å². The van der Waals surface area contributed by atoms with Crippen molar-refractivity contribution in [2.45, 2.75) is 19.1 Å². The van der Waals surface area contributed by atoms with Crippen LogP contribution < -0.4 is 5.32 Å². The van der Waals surface area contributed by atoms with E-state index in [4.69, 9.17) is 16.3 Å². The third-order valence-corrected chi connectivity index (χ3v) is 4.69. The zero-order chi connectivity index (χ0) is 20.8. The van der Waals surface area contributed by atoms with Gasteiger partial charge in [0.25, 0.3) is 5.91 Å². The molecular weight excluding hydrogens is 393 g/mol. The number of carbonyl (C=O) groups is 2. The minimum Gasteiger partial charge on any atom is -0.449 e. The maximum absolute atomic E-state index is 13.9. The number of amides is 1. The van der Waals surface area contributed by atoms with Gasteiger partial charge in [0.2, 0.25) is 0 Å². The van der Waals surface area contributed by atoms with Crippen LogP contribution in [0.3, 0.4) is 0 Å². The second-order valence-electron chi connectivity index (χ2n) is 6.41. The van der Waals surface area contributed by atoms with Crippen molar-refractivity contribution in [1.29, 1.82) is 0 Å². The van der Waals surface area contributed by atoms with E-state index in [1.807, 2.05) is 60.7 Å². The molecular formula is C23H19ClFNO3. The number of halogens is 2. The first-order valence-corrected chi connectivity index (χ1v) is 9.40. The van der Waals surface area contributed by atoms with E-state index in [-0.39, 0.29) is 5.02 Å². The Balaban J connectivity index is 1.77. The monoisotopic (exact) mass is 411 g/mol. The molecule has 6 heteroatoms. The fourth-order valence-corrected chi connectivity index (χ4v) is 3.12. The number of hydrogen-bond donors (Lipinski definition) is 1. The first-order chi connectivity index (χ1) is 14.0. The molecule has 0 aliphatic carbocycles. The average molecular weight is 412 g/mol. The van der Waals surface area contributed by atoms with Crippen molar-refractivity contribution in [1.82, 2.24) is 5.32 Å². The second-order valence-corrected chi connectivity index (χ2v) is 6.81. The smallest absolute Gasteiger partial charge is 0.343 e. The van der Waals surface area contributed by atoms with Gasteiger partial charge in [-0.25, -0.2) is 9.18 Å². The van der Waals surface area contributed by atoms with Crippen molar-refractivity contribution in [3.05, 3.63) is 106 Å². The van der Waals surface area contributed by atoms with Crippen LogP contribution in [0.4, 0.5) is 4.39 Å². The first-order valence-electron chi connectivity index (χ1n) is 9.02. The fraction of sp³-hybridized carbons (Fsp3) is 0.130. The highest BCUT2D eigenvalue weighted by Gasteiger charge is 2.25. The predicted molar refractivity (Wildman–Crippen MR) is 109 cm³/mol. The van der Waals surface area contributed by atoms with Gasteiger partial charge in [-0.05, 0) is 30.2 Å². The van der Waals surface area contributed by atoms with Gasteiger partial charge < -0.3 is 10.1 Å². The molecule has 0 saturated heterocycles. The Hall–Kier alpha value is -3.18. The molecule has 29 heavy (non-hydrogen) atoms. The zero-order valence-corrected chi connectivity index (χ0v) is 16.4. The van der Waals surface area contributed by atoms with E-state index in [1.54, 1.807) is 0 Å². The fourth-order valence-electron chi connectivity index (χ4n) is 2.88. The zero-order valence-electron chi connectivity index (χ0n) is 15.6. The minimum absolute atomic E-state index is 0.0749. The van der Waals surface area contributed by atoms with Gasteiger partial charge in [-0.2, -0.15) is 0 Å². The Kier molecular flexibility index (Phi) is 6.62. The van der Waals surface area contributed by atoms with E-state index in [1.165, 1.54) is 19.1 Å². The van der Waals surface area contributed by atoms with E-state index in [2.05, 4.69) is 5.32 Å². The number of carbonyl (C=O) groups excluding carboxylic acids is 2. The summed E-state index contributed by atoms with van der Waals surface area (Å²) < 4.78 is 19.1. The molecule has 0 radical (unpaired) electrons. The van der Waals surface area contributed by atoms with Gasteiger partial charge in [-0.3, -0.25) is 4.79 Å². The van der Waals surface area contributed by atoms with Crippen molar-refractivity contribution < 1.29 is 18.7 Å². The number of rotatable bonds is 6. The van der Waals surface area contributed by atoms with Crippen LogP contribution in [-0.2, 0) is 9.53 Å². The molecule has 1 N–H and O–H groups in total. The SMILES string of the molecule is C[C@@H](OC(=O)c1c(F)cccc1Cl)C(=O)NC(c1ccccc1)c1ccccc1. The molecule has 1 atom stereocenters. The quantitative estimate of drug-likeness (QED) is 0.585. The number of nitrogens with one attached hydrogen (secondary N) is 1. The van der Waals surface area contributed by atoms with E-state index in [0.717, 1.165) is 17.2 Å². The van der Waals surface area contributed by atoms with Crippen LogP contribution in [0.5, 0.6) is 0 Å². The largest absolute Gasteiger partial charge is 0.449 e. The highest BCUT2D eigenvalue weighted by molar-refractivity contribution is 6.33. The van der Waals surface area contributed by atoms with Gasteiger partial charge >= 0.3 is 5.97 Å². The second kappa shape index (κ2) is 9.34. The van der Waals surface area contributed by atoms with E-state index in [9.17, 15) is 14.0 Å². The van der Waals surface area contributed by atoms with Gasteiger partial charge in [-0.1, -0.05) is 78.3 Å². The van der Waals surface area contributed by atoms with Gasteiger partial charge in [-0.15, -0.1) is 0 Å². The van der Waals surface area contributed by atoms with Crippen molar-refractivity contribution >= 4 is 23.5 Å². The van der Waals surface area contributed by atoms with Gasteiger partial charge in [0.15, 0.2) is 6.10 Å². The van der Waals surface area contributed by atoms with Crippen LogP contribution in [0.25, 0.3) is 0 Å². The lowest BCUT2D eigenvalue weighted by Gasteiger charge is -2.22. The van der Waals surface area contributed by atoms with E-state index in [0.29, 0.717) is 0 Å². The summed E-state index contributed by atoms with van der Waals surface area (Å²) in [6.07, 6.45) is -1.15. The highest BCUT2D eigenvalue weighted by Crippen LogP contribution is 2.23. The summed E-state index contributed by atoms with van der Waals surface area (Å²) in [5.41, 5.74) is 1.36. The lowest BCUT2D eigenvalue weighted by atomic mass is 9.98. The Labute approximate surface area is 173 Å². The van der Waals surface area contributed by atoms with Crippen LogP contribution in [-0.4, -0.2) is 18.0 Å². The van der Waals surface area contributed by atoms with Gasteiger partial charge in [0.1, 0.15) is 11.4 Å². The topological polar surface area (TPSA) is 55.4 Å². The number of esters is 1. The van der Waals surface area contributed by atoms with Crippen LogP contribution >= 0.6 is 11.6 Å². The Morgan fingerprint density at radius 1 is 0.897 bits per heavy atom. The van der Waals surface area contributed by atoms with Crippen molar-refractivity contribution in [3.63, 3.8) is 0 Å². The van der Waals surface area contributed by atoms with Gasteiger partial charge in [0, 0.05) is 0 Å². The summed E-state index contributed by atoms with van der Waals surface area (Å²) in [4.78, 5) is 25.0. The third kappa shape index (κ3) is 5.00. The molecule has 0 aliphatic heterocycles. The lowest BCUT2D eigenvalue weighted by molar-refractivity contribution is -0.129. The van der Waals surface area contributed by atoms with Crippen molar-refractivity contribution in [3.8, 4) is 0 Å². The predicted octanol–water partition coefficient (Wildman–Crippen LogP) is 4.93. The summed E-state index contributed by atoms with van der Waals surface area (Å²) in [5, 5.41) is 2.82. The molecule has 3 aromatic rings. The molecule has 0 heterocycles. The Bertz CT molecular complexity index is 936. The normalized spacial score (nSPS) is 11.7. The summed E-state index contributed by atoms with van der Waals surface area (Å²) in [6, 6.07) is 22.3. The van der Waals surface area contributed by atoms with Crippen LogP contribution in [0, 0.1) is 5.82 Å². The molecule has 148 valence electrons. The molecule has 0 unspecified atom stereocenters. The standard InChI is InChI=1S/C23H19ClFNO3/c1-15(29-23(28)20-18(24)13-8-14-19(20)25)22(27)26-21(16-9-4-2-5-10-16)17-11-6-3-7-12-17/h2-15,21H,1H3,(H,26,27)/t15-/m1/s1. The summed E-state index contributed by atoms with van der Waals surface area (Å²) in [7, 11) is 0. The van der Waals surface area contributed by atoms with E-state index < -0.39 is 35.4 Å². The summed E-state index contributed by atoms with van der Waals surface area (Å²) >= 11 is 5.89. The maximum Gasteiger partial charge on any atom is 0.343 e. The molecule has 0 fully saturated rings. The third-order valence-electron chi connectivity index (χ3n) is 4.37. The Morgan fingerprint density at radius 2 is 1.45 bits per heavy atom. The minimum atomic E-state index is -1.15. The molecule has 0 aromatic heterocycles. The average Bonchev–Trinajstić information content (AvgIpc) is 2.73. The molecule has 0 saturated carbocycles. The molecule has 3 aromatic carbocycles. The molecule has 4 nitrogen and oxygen atoms in total. The number of hydrogen-bond acceptors (Lipinski definition) is 3. The van der Waals surface area contributed by atoms with Crippen LogP contribution in [0.1, 0.15) is 34.5 Å². The molecule has 0 spiro atoms. The highest BCUT2D eigenvalue weighted by atomic mass is 35.5. The lowest BCUT2D eigenvalue weighted by Crippen LogP contribution is -2.38. The van der Waals surface area contributed by atoms with Gasteiger partial charge in [0.05, 0.1) is 11.1 Å². The maximum atomic E-state index is 13.9. The van der Waals surface area contributed by atoms with Crippen LogP contribution in [0.15, 0.2) is 78.9 Å². The van der Waals surface area contributed by atoms with Crippen molar-refractivity contribution in [2.24, 2.45) is 0 Å². The number of benzene rings is 3. The molecule has 3 rings (SSSR count). The summed E-state index contributed by atoms with van der Waals surface area (Å²) in [6.45, 7) is 1.43. The molecule has 1 amide bonds. The van der Waals surface area contributed by atoms with Crippen molar-refractivity contribution in [2.75, 3.05) is 0 Å².